The van der Waals surface area contributed by atoms with E-state index in [9.17, 15) is 48.6 Å². The van der Waals surface area contributed by atoms with Crippen molar-refractivity contribution in [2.45, 2.75) is 98.9 Å². The van der Waals surface area contributed by atoms with Crippen molar-refractivity contribution in [1.29, 1.82) is 0 Å². The molecule has 2 aromatic carbocycles. The fourth-order valence-corrected chi connectivity index (χ4v) is 7.83. The predicted molar refractivity (Wildman–Crippen MR) is 200 cm³/mol. The quantitative estimate of drug-likeness (QED) is 0.0598. The second-order valence-electron chi connectivity index (χ2n) is 13.8. The van der Waals surface area contributed by atoms with Crippen LogP contribution in [0.5, 0.6) is 0 Å². The van der Waals surface area contributed by atoms with Crippen molar-refractivity contribution in [1.82, 2.24) is 15.4 Å². The molecule has 2 amide bonds. The molecular weight excluding hydrogens is 760 g/mol. The van der Waals surface area contributed by atoms with E-state index in [1.54, 1.807) is 18.2 Å². The maximum Gasteiger partial charge on any atom is 0.241 e. The third-order valence-corrected chi connectivity index (χ3v) is 11.0. The second kappa shape index (κ2) is 21.6. The van der Waals surface area contributed by atoms with Gasteiger partial charge in [-0.15, -0.1) is 0 Å². The molecule has 316 valence electrons. The molecule has 0 aliphatic carbocycles. The van der Waals surface area contributed by atoms with E-state index in [0.29, 0.717) is 24.6 Å². The van der Waals surface area contributed by atoms with Crippen LogP contribution in [0.1, 0.15) is 32.6 Å². The zero-order chi connectivity index (χ0) is 41.0. The van der Waals surface area contributed by atoms with Crippen LogP contribution in [0, 0.1) is 0 Å². The third kappa shape index (κ3) is 12.0. The molecule has 2 aliphatic rings. The minimum Gasteiger partial charge on any atom is -0.394 e. The van der Waals surface area contributed by atoms with E-state index >= 15 is 0 Å². The van der Waals surface area contributed by atoms with Gasteiger partial charge in [0.25, 0.3) is 0 Å². The number of amides is 2. The largest absolute Gasteiger partial charge is 0.394 e. The van der Waals surface area contributed by atoms with Gasteiger partial charge in [-0.05, 0) is 25.0 Å². The van der Waals surface area contributed by atoms with Crippen LogP contribution in [0.15, 0.2) is 41.3 Å². The van der Waals surface area contributed by atoms with Gasteiger partial charge in [-0.2, -0.15) is 0 Å². The summed E-state index contributed by atoms with van der Waals surface area (Å²) in [7, 11) is 0.0638. The number of fused-ring (bicyclic) bond motifs is 1. The molecule has 56 heavy (non-hydrogen) atoms. The Labute approximate surface area is 325 Å². The van der Waals surface area contributed by atoms with Gasteiger partial charge in [-0.1, -0.05) is 30.7 Å². The van der Waals surface area contributed by atoms with Crippen molar-refractivity contribution >= 4 is 38.3 Å². The molecule has 2 saturated heterocycles. The van der Waals surface area contributed by atoms with Crippen LogP contribution >= 0.6 is 0 Å². The molecule has 9 N–H and O–H groups in total. The summed E-state index contributed by atoms with van der Waals surface area (Å²) in [5.41, 5.74) is 0.920. The Kier molecular flexibility index (Phi) is 17.6. The normalized spacial score (nSPS) is 28.2. The summed E-state index contributed by atoms with van der Waals surface area (Å²) in [6.45, 7) is 0.375. The standard InChI is InChI=1S/C36H56N4O15S/c1-21(43)39-29-31(46)34(55-36-33(48)32(47)30(45)25(19-41)53-36)26(20-42)54-35(29)52-18-17-51-16-15-37-28(44)13-5-4-6-14-38-56(49,50)27-12-8-9-22-23(27)10-7-11-24(22)40(2)3/h7-12,25-26,29-36,38,41-42,45-48H,4-6,13-20H2,1-3H3,(H,37,44)(H,39,43)/t25-,26-,29-,30+,31-,32+,33-,34-,35-,36+/m1/s1. The van der Waals surface area contributed by atoms with Crippen molar-refractivity contribution in [2.75, 3.05) is 65.1 Å². The molecule has 20 heteroatoms. The predicted octanol–water partition coefficient (Wildman–Crippen LogP) is -2.34. The van der Waals surface area contributed by atoms with E-state index in [0.717, 1.165) is 11.1 Å². The lowest BCUT2D eigenvalue weighted by molar-refractivity contribution is -0.348. The number of benzene rings is 2. The van der Waals surface area contributed by atoms with E-state index in [4.69, 9.17) is 23.7 Å². The van der Waals surface area contributed by atoms with Gasteiger partial charge in [0.15, 0.2) is 12.6 Å². The van der Waals surface area contributed by atoms with Crippen molar-refractivity contribution in [3.05, 3.63) is 36.4 Å². The lowest BCUT2D eigenvalue weighted by atomic mass is 9.95. The minimum absolute atomic E-state index is 0.0404. The number of ether oxygens (including phenoxy) is 5. The van der Waals surface area contributed by atoms with Gasteiger partial charge in [0.1, 0.15) is 48.8 Å². The molecule has 2 aromatic rings. The average molecular weight is 817 g/mol. The molecule has 2 heterocycles. The topological polar surface area (TPSA) is 275 Å². The van der Waals surface area contributed by atoms with Crippen molar-refractivity contribution in [2.24, 2.45) is 0 Å². The molecule has 0 aromatic heterocycles. The van der Waals surface area contributed by atoms with Gasteiger partial charge in [0, 0.05) is 57.0 Å². The van der Waals surface area contributed by atoms with Gasteiger partial charge >= 0.3 is 0 Å². The van der Waals surface area contributed by atoms with E-state index < -0.39 is 90.5 Å². The van der Waals surface area contributed by atoms with Crippen LogP contribution in [0.4, 0.5) is 5.69 Å². The molecule has 19 nitrogen and oxygen atoms in total. The Hall–Kier alpha value is -3.09. The summed E-state index contributed by atoms with van der Waals surface area (Å²) in [5.74, 6) is -0.733. The van der Waals surface area contributed by atoms with Gasteiger partial charge in [-0.25, -0.2) is 13.1 Å². The van der Waals surface area contributed by atoms with Crippen LogP contribution in [-0.4, -0.2) is 172 Å². The summed E-state index contributed by atoms with van der Waals surface area (Å²) in [6, 6.07) is 9.54. The molecule has 0 saturated carbocycles. The summed E-state index contributed by atoms with van der Waals surface area (Å²) in [5, 5.41) is 67.9. The number of unbranched alkanes of at least 4 members (excludes halogenated alkanes) is 2. The van der Waals surface area contributed by atoms with E-state index in [-0.39, 0.29) is 50.1 Å². The van der Waals surface area contributed by atoms with E-state index in [1.165, 1.54) is 6.92 Å². The number of aliphatic hydroxyl groups is 6. The van der Waals surface area contributed by atoms with Crippen LogP contribution in [0.2, 0.25) is 0 Å². The number of rotatable bonds is 21. The van der Waals surface area contributed by atoms with E-state index in [1.807, 2.05) is 37.2 Å². The second-order valence-corrected chi connectivity index (χ2v) is 15.5. The fraction of sp³-hybridized carbons (Fsp3) is 0.667. The highest BCUT2D eigenvalue weighted by Crippen LogP contribution is 2.31. The molecule has 0 spiro atoms. The highest BCUT2D eigenvalue weighted by molar-refractivity contribution is 7.89. The number of anilines is 1. The molecule has 0 unspecified atom stereocenters. The first-order chi connectivity index (χ1) is 26.7. The number of hydrogen-bond acceptors (Lipinski definition) is 16. The maximum atomic E-state index is 13.1. The fourth-order valence-electron chi connectivity index (χ4n) is 6.54. The van der Waals surface area contributed by atoms with Gasteiger partial charge in [0.05, 0.1) is 37.9 Å². The van der Waals surface area contributed by atoms with Crippen molar-refractivity contribution in [3.8, 4) is 0 Å². The molecule has 0 bridgehead atoms. The Morgan fingerprint density at radius 1 is 0.804 bits per heavy atom. The number of carbonyl (C=O) groups excluding carboxylic acids is 2. The summed E-state index contributed by atoms with van der Waals surface area (Å²) >= 11 is 0. The first-order valence-electron chi connectivity index (χ1n) is 18.5. The lowest BCUT2D eigenvalue weighted by Gasteiger charge is -2.47. The van der Waals surface area contributed by atoms with Crippen LogP contribution in [-0.2, 0) is 43.3 Å². The number of nitrogens with zero attached hydrogens (tertiary/aromatic N) is 1. The van der Waals surface area contributed by atoms with Crippen molar-refractivity contribution < 1.29 is 72.3 Å². The highest BCUT2D eigenvalue weighted by Gasteiger charge is 2.51. The molecular formula is C36H56N4O15S. The Bertz CT molecular complexity index is 1670. The van der Waals surface area contributed by atoms with Gasteiger partial charge in [-0.3, -0.25) is 9.59 Å². The number of sulfonamides is 1. The molecule has 0 radical (unpaired) electrons. The number of carbonyl (C=O) groups is 2. The monoisotopic (exact) mass is 816 g/mol. The minimum atomic E-state index is -3.74. The SMILES string of the molecule is CC(=O)N[C@H]1[C@H](OCCOCCNC(=O)CCCCCNS(=O)(=O)c2cccc3c(N(C)C)cccc23)O[C@H](CO)[C@@H](O[C@@H]2O[C@H](CO)[C@H](O)[C@H](O)[C@H]2O)[C@@H]1O. The maximum absolute atomic E-state index is 13.1. The zero-order valence-electron chi connectivity index (χ0n) is 31.7. The van der Waals surface area contributed by atoms with Crippen LogP contribution < -0.4 is 20.3 Å². The van der Waals surface area contributed by atoms with Crippen molar-refractivity contribution in [3.63, 3.8) is 0 Å². The number of nitrogens with one attached hydrogen (secondary N) is 3. The first-order valence-corrected chi connectivity index (χ1v) is 20.0. The van der Waals surface area contributed by atoms with Gasteiger partial charge in [0.2, 0.25) is 21.8 Å². The number of aliphatic hydroxyl groups excluding tert-OH is 6. The van der Waals surface area contributed by atoms with Crippen LogP contribution in [0.3, 0.4) is 0 Å². The third-order valence-electron chi connectivity index (χ3n) is 9.44. The summed E-state index contributed by atoms with van der Waals surface area (Å²) in [4.78, 5) is 26.4. The number of hydrogen-bond donors (Lipinski definition) is 9. The Morgan fingerprint density at radius 3 is 2.20 bits per heavy atom. The average Bonchev–Trinajstić information content (AvgIpc) is 3.17. The smallest absolute Gasteiger partial charge is 0.241 e. The Balaban J connectivity index is 1.12. The molecule has 4 rings (SSSR count). The highest BCUT2D eigenvalue weighted by atomic mass is 32.2. The molecule has 2 fully saturated rings. The Morgan fingerprint density at radius 2 is 1.50 bits per heavy atom. The zero-order valence-corrected chi connectivity index (χ0v) is 32.5. The van der Waals surface area contributed by atoms with Crippen LogP contribution in [0.25, 0.3) is 10.8 Å². The lowest BCUT2D eigenvalue weighted by Crippen LogP contribution is -2.67. The molecule has 2 aliphatic heterocycles. The van der Waals surface area contributed by atoms with Gasteiger partial charge < -0.3 is 69.9 Å². The summed E-state index contributed by atoms with van der Waals surface area (Å²) in [6.07, 6.45) is -11.6. The molecule has 10 atom stereocenters. The van der Waals surface area contributed by atoms with E-state index in [2.05, 4.69) is 15.4 Å². The first kappa shape index (κ1) is 45.6. The summed E-state index contributed by atoms with van der Waals surface area (Å²) < 4.78 is 56.9.